The molecule has 0 aliphatic carbocycles. The molecule has 5 nitrogen and oxygen atoms in total. The summed E-state index contributed by atoms with van der Waals surface area (Å²) in [5.41, 5.74) is 0.997. The summed E-state index contributed by atoms with van der Waals surface area (Å²) < 4.78 is 67.7. The topological polar surface area (TPSA) is 60.3 Å². The van der Waals surface area contributed by atoms with Gasteiger partial charge in [0.1, 0.15) is 16.7 Å². The lowest BCUT2D eigenvalue weighted by Gasteiger charge is -2.19. The highest BCUT2D eigenvalue weighted by Crippen LogP contribution is 2.37. The Morgan fingerprint density at radius 3 is 2.48 bits per heavy atom. The number of hydrogen-bond donors (Lipinski definition) is 1. The first kappa shape index (κ1) is 16.0. The van der Waals surface area contributed by atoms with Gasteiger partial charge in [0, 0.05) is 12.1 Å². The van der Waals surface area contributed by atoms with E-state index >= 15 is 0 Å². The maximum absolute atomic E-state index is 12.2. The van der Waals surface area contributed by atoms with Crippen molar-refractivity contribution in [3.8, 4) is 16.9 Å². The molecule has 0 atom stereocenters. The van der Waals surface area contributed by atoms with Crippen molar-refractivity contribution in [2.45, 2.75) is 12.9 Å². The number of benzene rings is 1. The summed E-state index contributed by atoms with van der Waals surface area (Å²) >= 11 is 6.08. The van der Waals surface area contributed by atoms with Gasteiger partial charge < -0.3 is 9.30 Å². The van der Waals surface area contributed by atoms with E-state index in [1.54, 1.807) is 10.6 Å². The molecule has 0 spiro atoms. The fourth-order valence-corrected chi connectivity index (χ4v) is 3.63. The van der Waals surface area contributed by atoms with Crippen LogP contribution in [0.15, 0.2) is 30.3 Å². The van der Waals surface area contributed by atoms with Gasteiger partial charge in [-0.15, -0.1) is 13.2 Å². The molecule has 0 unspecified atom stereocenters. The van der Waals surface area contributed by atoms with Crippen molar-refractivity contribution >= 4 is 27.4 Å². The highest BCUT2D eigenvalue weighted by molar-refractivity contribution is 7.92. The number of aromatic nitrogens is 1. The van der Waals surface area contributed by atoms with Crippen LogP contribution in [-0.4, -0.2) is 25.1 Å². The number of ether oxygens (including phenoxy) is 1. The van der Waals surface area contributed by atoms with Crippen LogP contribution in [0.5, 0.6) is 5.75 Å². The van der Waals surface area contributed by atoms with Crippen molar-refractivity contribution in [3.63, 3.8) is 0 Å². The van der Waals surface area contributed by atoms with Gasteiger partial charge in [0.15, 0.2) is 0 Å². The lowest BCUT2D eigenvalue weighted by molar-refractivity contribution is -0.274. The number of alkyl halides is 3. The zero-order chi connectivity index (χ0) is 16.8. The highest BCUT2D eigenvalue weighted by atomic mass is 35.5. The molecule has 3 rings (SSSR count). The number of hydrogen-bond acceptors (Lipinski definition) is 3. The summed E-state index contributed by atoms with van der Waals surface area (Å²) in [5, 5.41) is 0.341. The van der Waals surface area contributed by atoms with E-state index in [0.29, 0.717) is 22.1 Å². The standard InChI is InChI=1S/C13H10ClF3N2O3S/c14-11-7-10(12-18-23(20,21)6-5-19(11)12)8-1-3-9(4-2-8)22-13(15,16)17/h1-4,7,18H,5-6H2. The fourth-order valence-electron chi connectivity index (χ4n) is 2.31. The predicted molar refractivity (Wildman–Crippen MR) is 79.0 cm³/mol. The monoisotopic (exact) mass is 366 g/mol. The van der Waals surface area contributed by atoms with Crippen LogP contribution in [0, 0.1) is 0 Å². The van der Waals surface area contributed by atoms with E-state index in [0.717, 1.165) is 12.1 Å². The number of rotatable bonds is 2. The molecule has 23 heavy (non-hydrogen) atoms. The molecule has 2 heterocycles. The Kier molecular flexibility index (Phi) is 3.72. The van der Waals surface area contributed by atoms with Gasteiger partial charge in [0.2, 0.25) is 10.0 Å². The Bertz CT molecular complexity index is 845. The number of halogens is 4. The second kappa shape index (κ2) is 5.34. The molecule has 1 N–H and O–H groups in total. The van der Waals surface area contributed by atoms with E-state index < -0.39 is 16.4 Å². The van der Waals surface area contributed by atoms with Crippen molar-refractivity contribution in [1.82, 2.24) is 4.57 Å². The maximum atomic E-state index is 12.2. The second-order valence-corrected chi connectivity index (χ2v) is 7.10. The van der Waals surface area contributed by atoms with E-state index in [2.05, 4.69) is 9.46 Å². The molecule has 124 valence electrons. The van der Waals surface area contributed by atoms with E-state index in [4.69, 9.17) is 11.6 Å². The molecule has 10 heteroatoms. The van der Waals surface area contributed by atoms with Crippen LogP contribution < -0.4 is 9.46 Å². The number of anilines is 1. The summed E-state index contributed by atoms with van der Waals surface area (Å²) in [6.07, 6.45) is -4.77. The van der Waals surface area contributed by atoms with Gasteiger partial charge in [-0.2, -0.15) is 0 Å². The zero-order valence-electron chi connectivity index (χ0n) is 11.4. The summed E-state index contributed by atoms with van der Waals surface area (Å²) in [6.45, 7) is 0.207. The second-order valence-electron chi connectivity index (χ2n) is 4.87. The Balaban J connectivity index is 1.97. The molecule has 0 amide bonds. The quantitative estimate of drug-likeness (QED) is 0.885. The largest absolute Gasteiger partial charge is 0.573 e. The van der Waals surface area contributed by atoms with Crippen LogP contribution in [0.4, 0.5) is 19.0 Å². The Morgan fingerprint density at radius 2 is 1.87 bits per heavy atom. The van der Waals surface area contributed by atoms with Gasteiger partial charge in [-0.3, -0.25) is 4.72 Å². The van der Waals surface area contributed by atoms with Crippen LogP contribution in [0.3, 0.4) is 0 Å². The molecular weight excluding hydrogens is 357 g/mol. The van der Waals surface area contributed by atoms with Gasteiger partial charge in [-0.25, -0.2) is 8.42 Å². The molecule has 0 saturated carbocycles. The van der Waals surface area contributed by atoms with Crippen molar-refractivity contribution in [1.29, 1.82) is 0 Å². The summed E-state index contributed by atoms with van der Waals surface area (Å²) in [6, 6.07) is 6.66. The minimum atomic E-state index is -4.77. The summed E-state index contributed by atoms with van der Waals surface area (Å²) in [4.78, 5) is 0. The van der Waals surface area contributed by atoms with Crippen molar-refractivity contribution in [3.05, 3.63) is 35.5 Å². The number of nitrogens with zero attached hydrogens (tertiary/aromatic N) is 1. The number of fused-ring (bicyclic) bond motifs is 1. The van der Waals surface area contributed by atoms with Gasteiger partial charge in [0.05, 0.1) is 5.75 Å². The first-order valence-electron chi connectivity index (χ1n) is 6.40. The van der Waals surface area contributed by atoms with Crippen LogP contribution in [-0.2, 0) is 16.6 Å². The predicted octanol–water partition coefficient (Wildman–Crippen LogP) is 3.46. The molecule has 0 saturated heterocycles. The van der Waals surface area contributed by atoms with Crippen LogP contribution in [0.2, 0.25) is 5.15 Å². The Hall–Kier alpha value is -1.87. The van der Waals surface area contributed by atoms with Crippen molar-refractivity contribution < 1.29 is 26.3 Å². The average Bonchev–Trinajstić information content (AvgIpc) is 2.73. The molecular formula is C13H10ClF3N2O3S. The number of nitrogens with one attached hydrogen (secondary N) is 1. The van der Waals surface area contributed by atoms with Crippen LogP contribution in [0.1, 0.15) is 0 Å². The van der Waals surface area contributed by atoms with E-state index in [1.807, 2.05) is 0 Å². The SMILES string of the molecule is O=S1(=O)CCn2c(Cl)cc(-c3ccc(OC(F)(F)F)cc3)c2N1. The maximum Gasteiger partial charge on any atom is 0.573 e. The molecule has 0 bridgehead atoms. The molecule has 2 aromatic rings. The van der Waals surface area contributed by atoms with E-state index in [-0.39, 0.29) is 18.0 Å². The van der Waals surface area contributed by atoms with Gasteiger partial charge in [-0.1, -0.05) is 23.7 Å². The highest BCUT2D eigenvalue weighted by Gasteiger charge is 2.31. The first-order valence-corrected chi connectivity index (χ1v) is 8.43. The Morgan fingerprint density at radius 1 is 1.22 bits per heavy atom. The zero-order valence-corrected chi connectivity index (χ0v) is 13.0. The fraction of sp³-hybridized carbons (Fsp3) is 0.231. The van der Waals surface area contributed by atoms with Crippen LogP contribution >= 0.6 is 11.6 Å². The summed E-state index contributed by atoms with van der Waals surface area (Å²) in [7, 11) is -3.45. The van der Waals surface area contributed by atoms with Gasteiger partial charge in [-0.05, 0) is 23.8 Å². The van der Waals surface area contributed by atoms with Crippen molar-refractivity contribution in [2.75, 3.05) is 10.5 Å². The smallest absolute Gasteiger partial charge is 0.406 e. The lowest BCUT2D eigenvalue weighted by atomic mass is 10.1. The molecule has 1 aromatic carbocycles. The molecule has 0 fully saturated rings. The third-order valence-electron chi connectivity index (χ3n) is 3.28. The normalized spacial score (nSPS) is 16.5. The summed E-state index contributed by atoms with van der Waals surface area (Å²) in [5.74, 6) is -0.154. The Labute approximate surface area is 134 Å². The average molecular weight is 367 g/mol. The van der Waals surface area contributed by atoms with Gasteiger partial charge >= 0.3 is 6.36 Å². The first-order chi connectivity index (χ1) is 10.6. The van der Waals surface area contributed by atoms with Crippen molar-refractivity contribution in [2.24, 2.45) is 0 Å². The molecule has 1 aliphatic heterocycles. The van der Waals surface area contributed by atoms with Gasteiger partial charge in [0.25, 0.3) is 0 Å². The lowest BCUT2D eigenvalue weighted by Crippen LogP contribution is -2.27. The molecule has 0 radical (unpaired) electrons. The minimum absolute atomic E-state index is 0.0911. The van der Waals surface area contributed by atoms with Crippen LogP contribution in [0.25, 0.3) is 11.1 Å². The third kappa shape index (κ3) is 3.40. The minimum Gasteiger partial charge on any atom is -0.406 e. The molecule has 1 aliphatic rings. The van der Waals surface area contributed by atoms with E-state index in [1.165, 1.54) is 12.1 Å². The van der Waals surface area contributed by atoms with E-state index in [9.17, 15) is 21.6 Å². The molecule has 1 aromatic heterocycles. The number of sulfonamides is 1. The third-order valence-corrected chi connectivity index (χ3v) is 4.82.